The van der Waals surface area contributed by atoms with Gasteiger partial charge in [0.15, 0.2) is 0 Å². The quantitative estimate of drug-likeness (QED) is 0.288. The number of hydrogen-bond acceptors (Lipinski definition) is 3. The molecule has 3 nitrogen and oxygen atoms in total. The zero-order valence-corrected chi connectivity index (χ0v) is 19.8. The molecule has 3 aromatic rings. The molecule has 0 saturated carbocycles. The molecule has 0 aromatic heterocycles. The molecular weight excluding hydrogens is 414 g/mol. The van der Waals surface area contributed by atoms with Crippen LogP contribution in [0.3, 0.4) is 0 Å². The summed E-state index contributed by atoms with van der Waals surface area (Å²) in [7, 11) is 0. The van der Waals surface area contributed by atoms with E-state index in [1.54, 1.807) is 0 Å². The first-order chi connectivity index (χ1) is 16.7. The minimum absolute atomic E-state index is 0.521. The van der Waals surface area contributed by atoms with E-state index in [9.17, 15) is 0 Å². The molecule has 3 aromatic carbocycles. The second-order valence-corrected chi connectivity index (χ2v) is 8.46. The van der Waals surface area contributed by atoms with Gasteiger partial charge in [-0.1, -0.05) is 91.0 Å². The lowest BCUT2D eigenvalue weighted by Gasteiger charge is -2.25. The Morgan fingerprint density at radius 1 is 0.941 bits per heavy atom. The Bertz CT molecular complexity index is 1230. The number of aliphatic imine (C=N–C) groups is 2. The van der Waals surface area contributed by atoms with E-state index in [2.05, 4.69) is 72.6 Å². The van der Waals surface area contributed by atoms with Crippen LogP contribution in [0, 0.1) is 6.92 Å². The fourth-order valence-electron chi connectivity index (χ4n) is 4.10. The highest BCUT2D eigenvalue weighted by molar-refractivity contribution is 6.12. The van der Waals surface area contributed by atoms with Gasteiger partial charge < -0.3 is 4.90 Å². The summed E-state index contributed by atoms with van der Waals surface area (Å²) in [6.45, 7) is 11.6. The first kappa shape index (κ1) is 23.2. The Hall–Kier alpha value is -3.98. The normalized spacial score (nSPS) is 15.7. The third-order valence-electron chi connectivity index (χ3n) is 5.97. The second kappa shape index (κ2) is 11.2. The Kier molecular flexibility index (Phi) is 7.67. The van der Waals surface area contributed by atoms with Gasteiger partial charge in [-0.15, -0.1) is 0 Å². The zero-order valence-electron chi connectivity index (χ0n) is 19.8. The van der Waals surface area contributed by atoms with Crippen molar-refractivity contribution in [3.8, 4) is 0 Å². The Morgan fingerprint density at radius 2 is 1.65 bits per heavy atom. The maximum absolute atomic E-state index is 5.09. The van der Waals surface area contributed by atoms with Gasteiger partial charge in [-0.05, 0) is 55.8 Å². The lowest BCUT2D eigenvalue weighted by atomic mass is 9.99. The number of allylic oxidation sites excluding steroid dienone is 3. The minimum Gasteiger partial charge on any atom is -0.348 e. The highest BCUT2D eigenvalue weighted by atomic mass is 15.2. The number of aryl methyl sites for hydroxylation is 1. The summed E-state index contributed by atoms with van der Waals surface area (Å²) in [5.74, 6) is 0. The van der Waals surface area contributed by atoms with Gasteiger partial charge >= 0.3 is 0 Å². The molecule has 3 heteroatoms. The Morgan fingerprint density at radius 3 is 2.35 bits per heavy atom. The first-order valence-corrected chi connectivity index (χ1v) is 11.7. The van der Waals surface area contributed by atoms with E-state index >= 15 is 0 Å². The van der Waals surface area contributed by atoms with Crippen molar-refractivity contribution in [1.82, 2.24) is 0 Å². The van der Waals surface area contributed by atoms with Gasteiger partial charge in [0.2, 0.25) is 0 Å². The summed E-state index contributed by atoms with van der Waals surface area (Å²) in [5.41, 5.74) is 8.55. The van der Waals surface area contributed by atoms with Gasteiger partial charge in [-0.25, -0.2) is 0 Å². The van der Waals surface area contributed by atoms with E-state index in [-0.39, 0.29) is 0 Å². The van der Waals surface area contributed by atoms with Gasteiger partial charge in [-0.2, -0.15) is 0 Å². The largest absolute Gasteiger partial charge is 0.348 e. The van der Waals surface area contributed by atoms with Crippen molar-refractivity contribution in [3.63, 3.8) is 0 Å². The van der Waals surface area contributed by atoms with E-state index in [1.807, 2.05) is 54.6 Å². The van der Waals surface area contributed by atoms with Gasteiger partial charge in [0.1, 0.15) is 6.67 Å². The van der Waals surface area contributed by atoms with E-state index in [1.165, 1.54) is 22.4 Å². The molecule has 0 bridgehead atoms. The van der Waals surface area contributed by atoms with Crippen molar-refractivity contribution in [2.75, 3.05) is 18.1 Å². The molecule has 0 unspecified atom stereocenters. The van der Waals surface area contributed by atoms with Crippen molar-refractivity contribution < 1.29 is 0 Å². The molecule has 1 aliphatic rings. The van der Waals surface area contributed by atoms with Crippen LogP contribution in [0.4, 0.5) is 5.69 Å². The standard InChI is InChI=1S/C31H31N3/c1-24-18-19-31-28(21-24)25(2)13-7-6-12-20-34(31)23-33-30(27-16-10-5-11-17-27)22-29(32-3)26-14-8-4-9-15-26/h4-6,8-12,14-19,21-22H,2-3,7,13,20,23H2,1H3/b12-6-,29-22-,33-30+. The molecule has 1 heterocycles. The summed E-state index contributed by atoms with van der Waals surface area (Å²) in [5, 5.41) is 0. The van der Waals surface area contributed by atoms with Crippen LogP contribution in [0.2, 0.25) is 0 Å². The molecule has 4 rings (SSSR count). The minimum atomic E-state index is 0.521. The molecule has 0 fully saturated rings. The summed E-state index contributed by atoms with van der Waals surface area (Å²) >= 11 is 0. The predicted molar refractivity (Wildman–Crippen MR) is 148 cm³/mol. The molecule has 0 radical (unpaired) electrons. The van der Waals surface area contributed by atoms with E-state index in [0.29, 0.717) is 6.67 Å². The smallest absolute Gasteiger partial charge is 0.111 e. The lowest BCUT2D eigenvalue weighted by molar-refractivity contribution is 0.877. The van der Waals surface area contributed by atoms with Gasteiger partial charge in [0, 0.05) is 23.4 Å². The Balaban J connectivity index is 1.75. The highest BCUT2D eigenvalue weighted by Gasteiger charge is 2.14. The summed E-state index contributed by atoms with van der Waals surface area (Å²) < 4.78 is 0. The topological polar surface area (TPSA) is 28.0 Å². The van der Waals surface area contributed by atoms with Crippen LogP contribution in [0.1, 0.15) is 35.1 Å². The summed E-state index contributed by atoms with van der Waals surface area (Å²) in [6, 6.07) is 27.0. The lowest BCUT2D eigenvalue weighted by Crippen LogP contribution is -2.25. The third kappa shape index (κ3) is 5.68. The average Bonchev–Trinajstić information content (AvgIpc) is 2.95. The van der Waals surface area contributed by atoms with Crippen molar-refractivity contribution in [2.24, 2.45) is 9.98 Å². The molecule has 0 saturated heterocycles. The number of fused-ring (bicyclic) bond motifs is 1. The van der Waals surface area contributed by atoms with Crippen LogP contribution < -0.4 is 4.90 Å². The zero-order chi connectivity index (χ0) is 23.8. The number of nitrogens with zero attached hydrogens (tertiary/aromatic N) is 3. The summed E-state index contributed by atoms with van der Waals surface area (Å²) in [4.78, 5) is 11.7. The van der Waals surface area contributed by atoms with E-state index < -0.39 is 0 Å². The maximum Gasteiger partial charge on any atom is 0.111 e. The van der Waals surface area contributed by atoms with Crippen molar-refractivity contribution in [3.05, 3.63) is 126 Å². The fourth-order valence-corrected chi connectivity index (χ4v) is 4.10. The van der Waals surface area contributed by atoms with Crippen LogP contribution in [0.15, 0.2) is 114 Å². The van der Waals surface area contributed by atoms with Gasteiger partial charge in [0.25, 0.3) is 0 Å². The second-order valence-electron chi connectivity index (χ2n) is 8.46. The molecule has 34 heavy (non-hydrogen) atoms. The van der Waals surface area contributed by atoms with E-state index in [0.717, 1.165) is 41.9 Å². The maximum atomic E-state index is 5.09. The van der Waals surface area contributed by atoms with Crippen LogP contribution in [-0.2, 0) is 0 Å². The molecular formula is C31H31N3. The predicted octanol–water partition coefficient (Wildman–Crippen LogP) is 7.35. The Labute approximate surface area is 203 Å². The van der Waals surface area contributed by atoms with Crippen LogP contribution in [0.5, 0.6) is 0 Å². The van der Waals surface area contributed by atoms with Crippen LogP contribution >= 0.6 is 0 Å². The molecule has 0 aliphatic carbocycles. The molecule has 1 aliphatic heterocycles. The highest BCUT2D eigenvalue weighted by Crippen LogP contribution is 2.31. The molecule has 0 amide bonds. The van der Waals surface area contributed by atoms with Crippen LogP contribution in [0.25, 0.3) is 11.3 Å². The third-order valence-corrected chi connectivity index (χ3v) is 5.97. The van der Waals surface area contributed by atoms with Gasteiger partial charge in [0.05, 0.1) is 11.4 Å². The molecule has 0 N–H and O–H groups in total. The molecule has 0 spiro atoms. The number of anilines is 1. The van der Waals surface area contributed by atoms with Crippen molar-refractivity contribution in [1.29, 1.82) is 0 Å². The number of benzene rings is 3. The van der Waals surface area contributed by atoms with Crippen molar-refractivity contribution in [2.45, 2.75) is 19.8 Å². The van der Waals surface area contributed by atoms with Crippen LogP contribution in [-0.4, -0.2) is 25.6 Å². The van der Waals surface area contributed by atoms with E-state index in [4.69, 9.17) is 4.99 Å². The van der Waals surface area contributed by atoms with Crippen molar-refractivity contribution >= 4 is 29.4 Å². The SMILES string of the molecule is C=N/C(=C\C(=N/CN1C/C=C\CCC(=C)c2cc(C)ccc21)c1ccccc1)c1ccccc1. The molecule has 0 atom stereocenters. The number of rotatable bonds is 6. The summed E-state index contributed by atoms with van der Waals surface area (Å²) in [6.07, 6.45) is 8.48. The van der Waals surface area contributed by atoms with Gasteiger partial charge in [-0.3, -0.25) is 9.98 Å². The first-order valence-electron chi connectivity index (χ1n) is 11.7. The molecule has 170 valence electrons. The number of hydrogen-bond donors (Lipinski definition) is 0. The average molecular weight is 446 g/mol. The fraction of sp³-hybridized carbons (Fsp3) is 0.161. The monoisotopic (exact) mass is 445 g/mol.